The van der Waals surface area contributed by atoms with Crippen LogP contribution in [-0.4, -0.2) is 17.6 Å². The van der Waals surface area contributed by atoms with Crippen LogP contribution in [0, 0.1) is 0 Å². The molecule has 2 aromatic carbocycles. The van der Waals surface area contributed by atoms with Crippen LogP contribution in [0.1, 0.15) is 37.7 Å². The third kappa shape index (κ3) is 4.39. The molecule has 1 heterocycles. The van der Waals surface area contributed by atoms with Crippen molar-refractivity contribution in [2.45, 2.75) is 44.6 Å². The summed E-state index contributed by atoms with van der Waals surface area (Å²) in [5.41, 5.74) is 2.31. The van der Waals surface area contributed by atoms with E-state index in [-0.39, 0.29) is 0 Å². The summed E-state index contributed by atoms with van der Waals surface area (Å²) in [6.45, 7) is 0.933. The number of hydrogen-bond acceptors (Lipinski definition) is 3. The second-order valence-corrected chi connectivity index (χ2v) is 7.63. The number of benzene rings is 2. The number of hydrogen-bond donors (Lipinski definition) is 0. The molecule has 4 rings (SSSR count). The van der Waals surface area contributed by atoms with Crippen molar-refractivity contribution in [3.05, 3.63) is 54.1 Å². The average molecular weight is 351 g/mol. The molecule has 0 aliphatic heterocycles. The molecule has 1 fully saturated rings. The predicted molar refractivity (Wildman–Crippen MR) is 104 cm³/mol. The van der Waals surface area contributed by atoms with Crippen LogP contribution in [0.5, 0.6) is 10.9 Å². The van der Waals surface area contributed by atoms with E-state index in [1.165, 1.54) is 37.7 Å². The van der Waals surface area contributed by atoms with Crippen molar-refractivity contribution in [3.8, 4) is 10.9 Å². The van der Waals surface area contributed by atoms with E-state index in [0.29, 0.717) is 11.2 Å². The van der Waals surface area contributed by atoms with E-state index < -0.39 is 0 Å². The van der Waals surface area contributed by atoms with Crippen molar-refractivity contribution in [1.82, 2.24) is 10.3 Å². The van der Waals surface area contributed by atoms with Crippen LogP contribution in [0.3, 0.4) is 0 Å². The number of aromatic nitrogens is 1. The highest BCUT2D eigenvalue weighted by Crippen LogP contribution is 2.31. The summed E-state index contributed by atoms with van der Waals surface area (Å²) in [6, 6.07) is 17.0. The van der Waals surface area contributed by atoms with Gasteiger partial charge in [-0.1, -0.05) is 54.9 Å². The van der Waals surface area contributed by atoms with Gasteiger partial charge < -0.3 is 4.74 Å². The summed E-state index contributed by atoms with van der Waals surface area (Å²) in [4.78, 5) is 4.51. The van der Waals surface area contributed by atoms with E-state index in [1.54, 1.807) is 11.3 Å². The van der Waals surface area contributed by atoms with Gasteiger partial charge in [0.2, 0.25) is 0 Å². The number of ether oxygens (including phenoxy) is 1. The molecule has 0 amide bonds. The van der Waals surface area contributed by atoms with Gasteiger partial charge in [0.15, 0.2) is 0 Å². The normalized spacial score (nSPS) is 15.5. The Morgan fingerprint density at radius 3 is 2.60 bits per heavy atom. The maximum absolute atomic E-state index is 5.90. The van der Waals surface area contributed by atoms with Crippen LogP contribution in [-0.2, 0) is 6.42 Å². The van der Waals surface area contributed by atoms with Gasteiger partial charge in [0, 0.05) is 12.6 Å². The van der Waals surface area contributed by atoms with Gasteiger partial charge in [-0.15, -0.1) is 0 Å². The molecule has 0 unspecified atom stereocenters. The minimum Gasteiger partial charge on any atom is -0.431 e. The van der Waals surface area contributed by atoms with Crippen LogP contribution in [0.25, 0.3) is 10.2 Å². The van der Waals surface area contributed by atoms with Gasteiger partial charge in [0.25, 0.3) is 5.19 Å². The first-order chi connectivity index (χ1) is 12.4. The van der Waals surface area contributed by atoms with Crippen molar-refractivity contribution in [2.24, 2.45) is 0 Å². The summed E-state index contributed by atoms with van der Waals surface area (Å²) in [5, 5.41) is 5.55. The fraction of sp³-hybridized carbons (Fsp3) is 0.381. The zero-order valence-corrected chi connectivity index (χ0v) is 15.2. The number of thiazole rings is 1. The lowest BCUT2D eigenvalue weighted by Gasteiger charge is -2.21. The Balaban J connectivity index is 1.30. The van der Waals surface area contributed by atoms with Crippen LogP contribution in [0.2, 0.25) is 0 Å². The minimum absolute atomic E-state index is 0.607. The van der Waals surface area contributed by atoms with Crippen molar-refractivity contribution >= 4 is 21.6 Å². The highest BCUT2D eigenvalue weighted by molar-refractivity contribution is 7.20. The van der Waals surface area contributed by atoms with Gasteiger partial charge in [-0.2, -0.15) is 0 Å². The lowest BCUT2D eigenvalue weighted by atomic mass is 9.95. The smallest absolute Gasteiger partial charge is 0.279 e. The predicted octanol–water partition coefficient (Wildman–Crippen LogP) is 5.57. The van der Waals surface area contributed by atoms with Crippen molar-refractivity contribution < 1.29 is 4.74 Å². The fourth-order valence-electron chi connectivity index (χ4n) is 3.36. The highest BCUT2D eigenvalue weighted by Gasteiger charge is 2.13. The molecule has 1 aromatic heterocycles. The molecule has 3 aromatic rings. The third-order valence-corrected chi connectivity index (χ3v) is 5.68. The van der Waals surface area contributed by atoms with Crippen molar-refractivity contribution in [2.75, 3.05) is 6.54 Å². The first-order valence-electron chi connectivity index (χ1n) is 9.16. The van der Waals surface area contributed by atoms with Crippen LogP contribution < -0.4 is 10.1 Å². The number of rotatable bonds is 6. The Hall–Kier alpha value is -1.91. The molecule has 1 radical (unpaired) electrons. The van der Waals surface area contributed by atoms with Gasteiger partial charge in [0.05, 0.1) is 10.2 Å². The molecule has 25 heavy (non-hydrogen) atoms. The molecule has 3 nitrogen and oxygen atoms in total. The van der Waals surface area contributed by atoms with E-state index in [0.717, 1.165) is 28.9 Å². The lowest BCUT2D eigenvalue weighted by Crippen LogP contribution is -2.26. The second kappa shape index (κ2) is 7.98. The summed E-state index contributed by atoms with van der Waals surface area (Å²) < 4.78 is 7.05. The lowest BCUT2D eigenvalue weighted by molar-refractivity contribution is 0.369. The van der Waals surface area contributed by atoms with Gasteiger partial charge in [-0.3, -0.25) is 0 Å². The number of fused-ring (bicyclic) bond motifs is 1. The van der Waals surface area contributed by atoms with Crippen LogP contribution in [0.4, 0.5) is 0 Å². The maximum Gasteiger partial charge on any atom is 0.279 e. The Kier molecular flexibility index (Phi) is 5.28. The monoisotopic (exact) mass is 351 g/mol. The Morgan fingerprint density at radius 2 is 1.80 bits per heavy atom. The van der Waals surface area contributed by atoms with Crippen molar-refractivity contribution in [1.29, 1.82) is 0 Å². The summed E-state index contributed by atoms with van der Waals surface area (Å²) in [5.74, 6) is 0.840. The minimum atomic E-state index is 0.607. The molecule has 0 saturated heterocycles. The molecule has 1 aliphatic rings. The van der Waals surface area contributed by atoms with E-state index in [1.807, 2.05) is 30.3 Å². The Morgan fingerprint density at radius 1 is 1.00 bits per heavy atom. The quantitative estimate of drug-likeness (QED) is 0.582. The molecule has 129 valence electrons. The molecule has 1 saturated carbocycles. The molecule has 0 bridgehead atoms. The number of nitrogens with zero attached hydrogens (tertiary/aromatic N) is 2. The topological polar surface area (TPSA) is 36.2 Å². The summed E-state index contributed by atoms with van der Waals surface area (Å²) in [7, 11) is 0. The second-order valence-electron chi connectivity index (χ2n) is 6.64. The third-order valence-electron chi connectivity index (χ3n) is 4.77. The molecule has 1 aliphatic carbocycles. The van der Waals surface area contributed by atoms with Crippen molar-refractivity contribution in [3.63, 3.8) is 0 Å². The van der Waals surface area contributed by atoms with E-state index in [9.17, 15) is 0 Å². The van der Waals surface area contributed by atoms with Gasteiger partial charge in [-0.05, 0) is 49.1 Å². The first-order valence-corrected chi connectivity index (χ1v) is 9.97. The molecule has 4 heteroatoms. The fourth-order valence-corrected chi connectivity index (χ4v) is 4.19. The maximum atomic E-state index is 5.90. The van der Waals surface area contributed by atoms with Gasteiger partial charge in [0.1, 0.15) is 5.75 Å². The molecule has 0 N–H and O–H groups in total. The average Bonchev–Trinajstić information content (AvgIpc) is 3.06. The number of para-hydroxylation sites is 1. The summed E-state index contributed by atoms with van der Waals surface area (Å²) >= 11 is 1.58. The Bertz CT molecular complexity index is 773. The van der Waals surface area contributed by atoms with E-state index in [4.69, 9.17) is 10.1 Å². The molecule has 0 spiro atoms. The zero-order valence-electron chi connectivity index (χ0n) is 14.4. The SMILES string of the molecule is c1ccc2sc(Oc3ccc(CC[N]C4CCCCC4)cc3)nc2c1. The largest absolute Gasteiger partial charge is 0.431 e. The van der Waals surface area contributed by atoms with E-state index in [2.05, 4.69) is 23.2 Å². The van der Waals surface area contributed by atoms with Crippen LogP contribution >= 0.6 is 11.3 Å². The highest BCUT2D eigenvalue weighted by atomic mass is 32.1. The van der Waals surface area contributed by atoms with Gasteiger partial charge in [-0.25, -0.2) is 10.3 Å². The Labute approximate surface area is 153 Å². The molecular weight excluding hydrogens is 328 g/mol. The molecular formula is C21H23N2OS. The van der Waals surface area contributed by atoms with Crippen LogP contribution in [0.15, 0.2) is 48.5 Å². The summed E-state index contributed by atoms with van der Waals surface area (Å²) in [6.07, 6.45) is 7.68. The van der Waals surface area contributed by atoms with E-state index >= 15 is 0 Å². The standard InChI is InChI=1S/C21H23N2OS/c1-2-6-17(7-3-1)22-15-14-16-10-12-18(13-11-16)24-21-23-19-8-4-5-9-20(19)25-21/h4-5,8-13,17H,1-3,6-7,14-15H2. The molecule has 0 atom stereocenters. The zero-order chi connectivity index (χ0) is 16.9. The first kappa shape index (κ1) is 16.6. The van der Waals surface area contributed by atoms with Gasteiger partial charge >= 0.3 is 0 Å².